The van der Waals surface area contributed by atoms with Gasteiger partial charge in [-0.1, -0.05) is 12.2 Å². The maximum absolute atomic E-state index is 12.6. The fraction of sp³-hybridized carbons (Fsp3) is 0.714. The molecule has 0 aromatic heterocycles. The lowest BCUT2D eigenvalue weighted by atomic mass is 9.91. The van der Waals surface area contributed by atoms with Gasteiger partial charge in [0.1, 0.15) is 0 Å². The summed E-state index contributed by atoms with van der Waals surface area (Å²) < 4.78 is 5.32. The predicted octanol–water partition coefficient (Wildman–Crippen LogP) is 0.901. The predicted molar refractivity (Wildman–Crippen MR) is 67.4 cm³/mol. The van der Waals surface area contributed by atoms with E-state index < -0.39 is 5.97 Å². The summed E-state index contributed by atoms with van der Waals surface area (Å²) in [7, 11) is 0. The third-order valence-electron chi connectivity index (χ3n) is 4.52. The molecule has 1 saturated carbocycles. The lowest BCUT2D eigenvalue weighted by Crippen LogP contribution is -2.52. The molecule has 2 aliphatic carbocycles. The molecule has 0 aromatic rings. The van der Waals surface area contributed by atoms with Crippen LogP contribution < -0.4 is 0 Å². The van der Waals surface area contributed by atoms with Crippen LogP contribution in [0.25, 0.3) is 0 Å². The van der Waals surface area contributed by atoms with Crippen molar-refractivity contribution in [2.75, 3.05) is 19.8 Å². The van der Waals surface area contributed by atoms with Crippen LogP contribution in [0, 0.1) is 17.8 Å². The minimum absolute atomic E-state index is 0.0254. The highest BCUT2D eigenvalue weighted by Crippen LogP contribution is 2.44. The van der Waals surface area contributed by atoms with E-state index in [0.29, 0.717) is 31.6 Å². The maximum atomic E-state index is 12.6. The van der Waals surface area contributed by atoms with E-state index in [1.54, 1.807) is 4.90 Å². The van der Waals surface area contributed by atoms with Gasteiger partial charge in [0, 0.05) is 12.5 Å². The van der Waals surface area contributed by atoms with Crippen molar-refractivity contribution in [1.29, 1.82) is 0 Å². The zero-order valence-electron chi connectivity index (χ0n) is 10.8. The highest BCUT2D eigenvalue weighted by Gasteiger charge is 2.43. The number of aliphatic carboxylic acids is 1. The molecule has 1 amide bonds. The third kappa shape index (κ3) is 2.39. The Morgan fingerprint density at radius 2 is 2.16 bits per heavy atom. The molecule has 3 aliphatic rings. The second kappa shape index (κ2) is 4.96. The summed E-state index contributed by atoms with van der Waals surface area (Å²) in [6.07, 6.45) is 6.36. The van der Waals surface area contributed by atoms with E-state index in [4.69, 9.17) is 9.84 Å². The monoisotopic (exact) mass is 265 g/mol. The first-order valence-corrected chi connectivity index (χ1v) is 6.93. The Balaban J connectivity index is 1.70. The molecule has 1 heterocycles. The number of carboxylic acid groups (broad SMARTS) is 1. The quantitative estimate of drug-likeness (QED) is 0.770. The molecular weight excluding hydrogens is 246 g/mol. The molecule has 5 nitrogen and oxygen atoms in total. The summed E-state index contributed by atoms with van der Waals surface area (Å²) in [6.45, 7) is 1.38. The molecule has 4 atom stereocenters. The van der Waals surface area contributed by atoms with Crippen LogP contribution in [-0.2, 0) is 14.3 Å². The summed E-state index contributed by atoms with van der Waals surface area (Å²) in [5, 5.41) is 8.93. The second-order valence-corrected chi connectivity index (χ2v) is 5.74. The highest BCUT2D eigenvalue weighted by atomic mass is 16.5. The minimum atomic E-state index is -0.874. The van der Waals surface area contributed by atoms with Gasteiger partial charge >= 0.3 is 5.97 Å². The lowest BCUT2D eigenvalue weighted by Gasteiger charge is -2.37. The molecule has 0 unspecified atom stereocenters. The average molecular weight is 265 g/mol. The number of carbonyl (C=O) groups is 2. The molecule has 0 radical (unpaired) electrons. The van der Waals surface area contributed by atoms with Crippen LogP contribution in [0.3, 0.4) is 0 Å². The normalized spacial score (nSPS) is 36.7. The number of allylic oxidation sites excluding steroid dienone is 2. The number of amides is 1. The van der Waals surface area contributed by atoms with Crippen molar-refractivity contribution < 1.29 is 19.4 Å². The molecule has 1 N–H and O–H groups in total. The van der Waals surface area contributed by atoms with Crippen LogP contribution in [-0.4, -0.2) is 47.7 Å². The average Bonchev–Trinajstić information content (AvgIpc) is 3.00. The van der Waals surface area contributed by atoms with Gasteiger partial charge in [-0.3, -0.25) is 9.59 Å². The Labute approximate surface area is 112 Å². The van der Waals surface area contributed by atoms with E-state index in [2.05, 4.69) is 12.2 Å². The van der Waals surface area contributed by atoms with Crippen molar-refractivity contribution in [2.24, 2.45) is 17.8 Å². The third-order valence-corrected chi connectivity index (χ3v) is 4.52. The van der Waals surface area contributed by atoms with E-state index in [-0.39, 0.29) is 24.3 Å². The first-order valence-electron chi connectivity index (χ1n) is 6.93. The Kier molecular flexibility index (Phi) is 3.31. The Morgan fingerprint density at radius 3 is 2.79 bits per heavy atom. The van der Waals surface area contributed by atoms with Crippen LogP contribution in [0.4, 0.5) is 0 Å². The van der Waals surface area contributed by atoms with Gasteiger partial charge in [-0.05, 0) is 24.7 Å². The first kappa shape index (κ1) is 12.7. The number of morpholine rings is 1. The van der Waals surface area contributed by atoms with E-state index >= 15 is 0 Å². The van der Waals surface area contributed by atoms with E-state index in [9.17, 15) is 9.59 Å². The molecule has 0 spiro atoms. The standard InChI is InChI=1S/C14H19NO4/c16-13(17)7-11-8-19-4-3-15(11)14(18)12-6-9-1-2-10(12)5-9/h1-2,9-12H,3-8H2,(H,16,17)/t9-,10-,11+,12+/m0/s1. The molecule has 2 bridgehead atoms. The van der Waals surface area contributed by atoms with Crippen molar-refractivity contribution in [2.45, 2.75) is 25.3 Å². The van der Waals surface area contributed by atoms with Crippen LogP contribution in [0.2, 0.25) is 0 Å². The highest BCUT2D eigenvalue weighted by molar-refractivity contribution is 5.81. The van der Waals surface area contributed by atoms with Crippen molar-refractivity contribution in [1.82, 2.24) is 4.90 Å². The number of rotatable bonds is 3. The van der Waals surface area contributed by atoms with Crippen molar-refractivity contribution in [3.05, 3.63) is 12.2 Å². The smallest absolute Gasteiger partial charge is 0.305 e. The molecule has 2 fully saturated rings. The molecule has 1 saturated heterocycles. The van der Waals surface area contributed by atoms with Crippen LogP contribution in [0.15, 0.2) is 12.2 Å². The van der Waals surface area contributed by atoms with Crippen molar-refractivity contribution >= 4 is 11.9 Å². The Bertz CT molecular complexity index is 420. The van der Waals surface area contributed by atoms with E-state index in [1.807, 2.05) is 0 Å². The maximum Gasteiger partial charge on any atom is 0.305 e. The van der Waals surface area contributed by atoms with Gasteiger partial charge in [-0.25, -0.2) is 0 Å². The second-order valence-electron chi connectivity index (χ2n) is 5.74. The Morgan fingerprint density at radius 1 is 1.32 bits per heavy atom. The molecule has 5 heteroatoms. The minimum Gasteiger partial charge on any atom is -0.481 e. The SMILES string of the molecule is O=C(O)C[C@@H]1COCCN1C(=O)[C@@H]1C[C@H]2C=C[C@H]1C2. The summed E-state index contributed by atoms with van der Waals surface area (Å²) in [5.41, 5.74) is 0. The zero-order valence-corrected chi connectivity index (χ0v) is 10.8. The molecule has 0 aromatic carbocycles. The molecule has 104 valence electrons. The summed E-state index contributed by atoms with van der Waals surface area (Å²) in [4.78, 5) is 25.3. The fourth-order valence-electron chi connectivity index (χ4n) is 3.59. The van der Waals surface area contributed by atoms with Gasteiger partial charge in [0.15, 0.2) is 0 Å². The van der Waals surface area contributed by atoms with Gasteiger partial charge in [0.05, 0.1) is 25.7 Å². The molecule has 19 heavy (non-hydrogen) atoms. The number of nitrogens with zero attached hydrogens (tertiary/aromatic N) is 1. The number of hydrogen-bond acceptors (Lipinski definition) is 3. The van der Waals surface area contributed by atoms with Gasteiger partial charge in [0.2, 0.25) is 5.91 Å². The summed E-state index contributed by atoms with van der Waals surface area (Å²) in [5.74, 6) is 0.237. The van der Waals surface area contributed by atoms with Gasteiger partial charge in [0.25, 0.3) is 0 Å². The zero-order chi connectivity index (χ0) is 13.4. The first-order chi connectivity index (χ1) is 9.15. The van der Waals surface area contributed by atoms with Crippen LogP contribution >= 0.6 is 0 Å². The van der Waals surface area contributed by atoms with Crippen LogP contribution in [0.5, 0.6) is 0 Å². The number of fused-ring (bicyclic) bond motifs is 2. The Hall–Kier alpha value is -1.36. The van der Waals surface area contributed by atoms with Gasteiger partial charge in [-0.2, -0.15) is 0 Å². The van der Waals surface area contributed by atoms with E-state index in [0.717, 1.165) is 12.8 Å². The van der Waals surface area contributed by atoms with Crippen LogP contribution in [0.1, 0.15) is 19.3 Å². The fourth-order valence-corrected chi connectivity index (χ4v) is 3.59. The summed E-state index contributed by atoms with van der Waals surface area (Å²) in [6, 6.07) is -0.304. The summed E-state index contributed by atoms with van der Waals surface area (Å²) >= 11 is 0. The number of carboxylic acids is 1. The number of hydrogen-bond donors (Lipinski definition) is 1. The molecule has 3 rings (SSSR count). The number of carbonyl (C=O) groups excluding carboxylic acids is 1. The van der Waals surface area contributed by atoms with Gasteiger partial charge in [-0.15, -0.1) is 0 Å². The van der Waals surface area contributed by atoms with Crippen molar-refractivity contribution in [3.63, 3.8) is 0 Å². The van der Waals surface area contributed by atoms with Gasteiger partial charge < -0.3 is 14.7 Å². The topological polar surface area (TPSA) is 66.8 Å². The van der Waals surface area contributed by atoms with Crippen molar-refractivity contribution in [3.8, 4) is 0 Å². The lowest BCUT2D eigenvalue weighted by molar-refractivity contribution is -0.149. The largest absolute Gasteiger partial charge is 0.481 e. The van der Waals surface area contributed by atoms with E-state index in [1.165, 1.54) is 0 Å². The molecular formula is C14H19NO4. The number of ether oxygens (including phenoxy) is 1. The molecule has 1 aliphatic heterocycles.